The van der Waals surface area contributed by atoms with Crippen LogP contribution in [0.15, 0.2) is 30.3 Å². The number of hydrogen-bond donors (Lipinski definition) is 0. The number of benzene rings is 1. The van der Waals surface area contributed by atoms with Crippen molar-refractivity contribution in [1.82, 2.24) is 9.80 Å². The second-order valence-corrected chi connectivity index (χ2v) is 26.2. The zero-order valence-corrected chi connectivity index (χ0v) is 22.8. The van der Waals surface area contributed by atoms with Gasteiger partial charge in [0.25, 0.3) is 0 Å². The van der Waals surface area contributed by atoms with Crippen LogP contribution in [0.3, 0.4) is 0 Å². The summed E-state index contributed by atoms with van der Waals surface area (Å²) in [7, 11) is 0. The van der Waals surface area contributed by atoms with Crippen LogP contribution in [-0.4, -0.2) is 68.8 Å². The van der Waals surface area contributed by atoms with Gasteiger partial charge in [0.15, 0.2) is 0 Å². The molecule has 2 aliphatic rings. The van der Waals surface area contributed by atoms with Crippen molar-refractivity contribution in [3.63, 3.8) is 0 Å². The fourth-order valence-corrected chi connectivity index (χ4v) is 10.7. The molecule has 0 radical (unpaired) electrons. The first kappa shape index (κ1) is 23.9. The van der Waals surface area contributed by atoms with E-state index in [9.17, 15) is 4.79 Å². The van der Waals surface area contributed by atoms with E-state index in [2.05, 4.69) is 63.9 Å². The molecule has 0 N–H and O–H groups in total. The van der Waals surface area contributed by atoms with Crippen molar-refractivity contribution >= 4 is 24.5 Å². The van der Waals surface area contributed by atoms with E-state index >= 15 is 0 Å². The SMILES string of the molecule is CC1(C)COC(C)(C)N1C(=O)O[C@H]([C@@H]1CCCCN1Cc1ccccc1)[Sn]([CH3])([CH3])[CH3]. The van der Waals surface area contributed by atoms with Gasteiger partial charge in [-0.05, 0) is 0 Å². The average Bonchev–Trinajstić information content (AvgIpc) is 2.88. The summed E-state index contributed by atoms with van der Waals surface area (Å²) in [4.78, 5) is 25.0. The Morgan fingerprint density at radius 3 is 2.40 bits per heavy atom. The van der Waals surface area contributed by atoms with Crippen LogP contribution < -0.4 is 0 Å². The van der Waals surface area contributed by atoms with Crippen molar-refractivity contribution in [3.05, 3.63) is 35.9 Å². The molecule has 0 aliphatic carbocycles. The van der Waals surface area contributed by atoms with E-state index in [1.54, 1.807) is 0 Å². The summed E-state index contributed by atoms with van der Waals surface area (Å²) in [6.45, 7) is 10.6. The quantitative estimate of drug-likeness (QED) is 0.494. The summed E-state index contributed by atoms with van der Waals surface area (Å²) in [5.41, 5.74) is 0.317. The molecule has 2 atom stereocenters. The molecule has 0 spiro atoms. The van der Waals surface area contributed by atoms with Gasteiger partial charge in [0.1, 0.15) is 0 Å². The Labute approximate surface area is 187 Å². The van der Waals surface area contributed by atoms with Crippen LogP contribution >= 0.6 is 0 Å². The third-order valence-corrected chi connectivity index (χ3v) is 12.7. The molecule has 2 saturated heterocycles. The van der Waals surface area contributed by atoms with Crippen LogP contribution in [0.2, 0.25) is 14.8 Å². The number of rotatable bonds is 5. The number of carbonyl (C=O) groups excluding carboxylic acids is 1. The van der Waals surface area contributed by atoms with Crippen LogP contribution in [0.25, 0.3) is 0 Å². The van der Waals surface area contributed by atoms with Crippen LogP contribution in [0.5, 0.6) is 0 Å². The van der Waals surface area contributed by atoms with Gasteiger partial charge in [-0.1, -0.05) is 0 Å². The van der Waals surface area contributed by atoms with Crippen molar-refractivity contribution in [1.29, 1.82) is 0 Å². The third-order valence-electron chi connectivity index (χ3n) is 6.43. The molecule has 2 heterocycles. The predicted molar refractivity (Wildman–Crippen MR) is 124 cm³/mol. The van der Waals surface area contributed by atoms with Gasteiger partial charge in [-0.2, -0.15) is 0 Å². The number of ether oxygens (including phenoxy) is 2. The monoisotopic (exact) mass is 524 g/mol. The Bertz CT molecular complexity index is 714. The maximum atomic E-state index is 13.5. The second-order valence-electron chi connectivity index (χ2n) is 11.1. The molecular formula is C24H40N2O3Sn. The molecule has 0 unspecified atom stereocenters. The molecule has 2 aliphatic heterocycles. The molecule has 1 amide bonds. The summed E-state index contributed by atoms with van der Waals surface area (Å²) >= 11 is -2.62. The normalized spacial score (nSPS) is 25.2. The summed E-state index contributed by atoms with van der Waals surface area (Å²) in [5.74, 6) is 0. The predicted octanol–water partition coefficient (Wildman–Crippen LogP) is 5.27. The molecule has 3 rings (SSSR count). The van der Waals surface area contributed by atoms with E-state index in [1.807, 2.05) is 18.7 Å². The fourth-order valence-electron chi connectivity index (χ4n) is 5.05. The molecule has 5 nitrogen and oxygen atoms in total. The minimum atomic E-state index is -2.62. The van der Waals surface area contributed by atoms with Crippen molar-refractivity contribution in [2.45, 2.75) is 89.7 Å². The number of carbonyl (C=O) groups is 1. The Balaban J connectivity index is 1.83. The topological polar surface area (TPSA) is 42.0 Å². The van der Waals surface area contributed by atoms with Gasteiger partial charge in [-0.25, -0.2) is 0 Å². The molecule has 30 heavy (non-hydrogen) atoms. The Morgan fingerprint density at radius 1 is 1.17 bits per heavy atom. The number of piperidine rings is 1. The first-order valence-electron chi connectivity index (χ1n) is 11.3. The van der Waals surface area contributed by atoms with E-state index < -0.39 is 24.1 Å². The molecule has 0 bridgehead atoms. The maximum absolute atomic E-state index is 13.5. The van der Waals surface area contributed by atoms with Crippen molar-refractivity contribution in [2.75, 3.05) is 13.2 Å². The van der Waals surface area contributed by atoms with Crippen LogP contribution in [-0.2, 0) is 16.0 Å². The zero-order chi connectivity index (χ0) is 22.2. The van der Waals surface area contributed by atoms with Gasteiger partial charge in [0.2, 0.25) is 0 Å². The molecular weight excluding hydrogens is 483 g/mol. The van der Waals surface area contributed by atoms with Gasteiger partial charge in [0, 0.05) is 0 Å². The third kappa shape index (κ3) is 5.33. The van der Waals surface area contributed by atoms with Gasteiger partial charge < -0.3 is 0 Å². The number of likely N-dealkylation sites (tertiary alicyclic amines) is 1. The van der Waals surface area contributed by atoms with Gasteiger partial charge in [-0.15, -0.1) is 0 Å². The first-order valence-corrected chi connectivity index (χ1v) is 21.6. The molecule has 0 saturated carbocycles. The van der Waals surface area contributed by atoms with Gasteiger partial charge in [-0.3, -0.25) is 0 Å². The van der Waals surface area contributed by atoms with Crippen LogP contribution in [0.1, 0.15) is 52.5 Å². The first-order chi connectivity index (χ1) is 13.9. The van der Waals surface area contributed by atoms with Crippen molar-refractivity contribution in [3.8, 4) is 0 Å². The summed E-state index contributed by atoms with van der Waals surface area (Å²) in [5, 5.41) is 0. The standard InChI is InChI=1S/C21H31N2O3.3CH3.Sn/c1-20(2)16-26-21(3,4)23(20)19(24)25-15-18-12-8-9-13-22(18)14-17-10-6-5-7-11-17;;;;/h5-7,10-11,15,18H,8-9,12-14,16H2,1-4H3;3*1H3;/t18-;;;;/m0..../s1. The molecule has 1 aromatic rings. The van der Waals surface area contributed by atoms with E-state index in [0.717, 1.165) is 19.5 Å². The van der Waals surface area contributed by atoms with Gasteiger partial charge in [0.05, 0.1) is 0 Å². The van der Waals surface area contributed by atoms with E-state index in [0.29, 0.717) is 12.6 Å². The summed E-state index contributed by atoms with van der Waals surface area (Å²) in [6, 6.07) is 11.0. The minimum absolute atomic E-state index is 0.0167. The Kier molecular flexibility index (Phi) is 7.15. The van der Waals surface area contributed by atoms with Crippen molar-refractivity contribution < 1.29 is 14.3 Å². The number of hydrogen-bond acceptors (Lipinski definition) is 4. The van der Waals surface area contributed by atoms with Crippen LogP contribution in [0, 0.1) is 0 Å². The molecule has 2 fully saturated rings. The molecule has 1 aromatic carbocycles. The molecule has 6 heteroatoms. The van der Waals surface area contributed by atoms with Gasteiger partial charge >= 0.3 is 187 Å². The van der Waals surface area contributed by atoms with E-state index in [-0.39, 0.29) is 15.8 Å². The van der Waals surface area contributed by atoms with Crippen molar-refractivity contribution in [2.24, 2.45) is 0 Å². The van der Waals surface area contributed by atoms with Crippen LogP contribution in [0.4, 0.5) is 4.79 Å². The van der Waals surface area contributed by atoms with E-state index in [4.69, 9.17) is 9.47 Å². The second kappa shape index (κ2) is 8.99. The zero-order valence-electron chi connectivity index (χ0n) is 19.9. The number of nitrogens with zero attached hydrogens (tertiary/aromatic N) is 2. The Hall–Kier alpha value is -0.791. The fraction of sp³-hybridized carbons (Fsp3) is 0.708. The average molecular weight is 523 g/mol. The molecule has 168 valence electrons. The summed E-state index contributed by atoms with van der Waals surface area (Å²) in [6.07, 6.45) is 3.30. The molecule has 0 aromatic heterocycles. The van der Waals surface area contributed by atoms with E-state index in [1.165, 1.54) is 18.4 Å². The summed E-state index contributed by atoms with van der Waals surface area (Å²) < 4.78 is 12.4. The number of amides is 1. The Morgan fingerprint density at radius 2 is 1.83 bits per heavy atom.